The summed E-state index contributed by atoms with van der Waals surface area (Å²) in [6.45, 7) is 3.01. The summed E-state index contributed by atoms with van der Waals surface area (Å²) in [5.74, 6) is -4.40. The largest absolute Gasteiger partial charge is 0.478 e. The van der Waals surface area contributed by atoms with Gasteiger partial charge in [0.05, 0.1) is 5.56 Å². The van der Waals surface area contributed by atoms with Gasteiger partial charge in [0.1, 0.15) is 0 Å². The van der Waals surface area contributed by atoms with Crippen molar-refractivity contribution in [3.8, 4) is 0 Å². The predicted octanol–water partition coefficient (Wildman–Crippen LogP) is 4.78. The van der Waals surface area contributed by atoms with Crippen LogP contribution in [0, 0.1) is 5.92 Å². The van der Waals surface area contributed by atoms with Gasteiger partial charge in [0.2, 0.25) is 5.92 Å². The first-order chi connectivity index (χ1) is 9.34. The summed E-state index contributed by atoms with van der Waals surface area (Å²) in [4.78, 5) is 10.7. The minimum absolute atomic E-state index is 0.180. The Bertz CT molecular complexity index is 421. The van der Waals surface area contributed by atoms with Gasteiger partial charge in [-0.15, -0.1) is 0 Å². The Morgan fingerprint density at radius 1 is 1.25 bits per heavy atom. The molecule has 1 rings (SSSR count). The number of halogens is 2. The molecule has 0 heterocycles. The van der Waals surface area contributed by atoms with E-state index in [-0.39, 0.29) is 12.0 Å². The lowest BCUT2D eigenvalue weighted by Gasteiger charge is -2.23. The Kier molecular flexibility index (Phi) is 6.11. The molecule has 1 unspecified atom stereocenters. The quantitative estimate of drug-likeness (QED) is 0.697. The maximum absolute atomic E-state index is 13.6. The van der Waals surface area contributed by atoms with E-state index in [1.165, 1.54) is 12.1 Å². The molecule has 2 nitrogen and oxygen atoms in total. The number of benzene rings is 1. The summed E-state index contributed by atoms with van der Waals surface area (Å²) in [7, 11) is 0. The normalized spacial score (nSPS) is 13.2. The van der Waals surface area contributed by atoms with Crippen molar-refractivity contribution in [2.75, 3.05) is 0 Å². The van der Waals surface area contributed by atoms with E-state index in [1.54, 1.807) is 12.1 Å². The summed E-state index contributed by atoms with van der Waals surface area (Å²) in [6, 6.07) is 6.19. The molecule has 112 valence electrons. The lowest BCUT2D eigenvalue weighted by Crippen LogP contribution is -2.26. The second-order valence-corrected chi connectivity index (χ2v) is 5.36. The van der Waals surface area contributed by atoms with Crippen molar-refractivity contribution in [2.24, 2.45) is 5.92 Å². The first kappa shape index (κ1) is 16.6. The highest BCUT2D eigenvalue weighted by molar-refractivity contribution is 5.87. The molecule has 0 spiro atoms. The third kappa shape index (κ3) is 5.27. The third-order valence-corrected chi connectivity index (χ3v) is 3.56. The zero-order valence-corrected chi connectivity index (χ0v) is 12.0. The van der Waals surface area contributed by atoms with Crippen LogP contribution < -0.4 is 0 Å². The van der Waals surface area contributed by atoms with Crippen LogP contribution in [0.5, 0.6) is 0 Å². The van der Waals surface area contributed by atoms with Gasteiger partial charge in [0.25, 0.3) is 0 Å². The monoisotopic (exact) mass is 284 g/mol. The Labute approximate surface area is 118 Å². The van der Waals surface area contributed by atoms with Crippen molar-refractivity contribution < 1.29 is 18.7 Å². The first-order valence-electron chi connectivity index (χ1n) is 7.04. The van der Waals surface area contributed by atoms with Gasteiger partial charge in [-0.1, -0.05) is 38.3 Å². The van der Waals surface area contributed by atoms with E-state index < -0.39 is 17.8 Å². The molecule has 0 radical (unpaired) electrons. The highest BCUT2D eigenvalue weighted by Gasteiger charge is 2.33. The fourth-order valence-corrected chi connectivity index (χ4v) is 2.24. The number of carboxylic acid groups (broad SMARTS) is 1. The molecule has 1 aromatic rings. The number of aromatic carboxylic acids is 1. The summed E-state index contributed by atoms with van der Waals surface area (Å²) >= 11 is 0. The van der Waals surface area contributed by atoms with Crippen molar-refractivity contribution in [3.63, 3.8) is 0 Å². The smallest absolute Gasteiger partial charge is 0.335 e. The molecule has 0 bridgehead atoms. The van der Waals surface area contributed by atoms with Crippen LogP contribution in [-0.2, 0) is 6.42 Å². The van der Waals surface area contributed by atoms with Gasteiger partial charge in [0, 0.05) is 5.92 Å². The minimum Gasteiger partial charge on any atom is -0.478 e. The lowest BCUT2D eigenvalue weighted by atomic mass is 9.89. The molecule has 0 aromatic heterocycles. The molecule has 0 fully saturated rings. The van der Waals surface area contributed by atoms with Crippen LogP contribution in [0.3, 0.4) is 0 Å². The Balaban J connectivity index is 2.71. The van der Waals surface area contributed by atoms with Crippen molar-refractivity contribution in [3.05, 3.63) is 35.4 Å². The average molecular weight is 284 g/mol. The fraction of sp³-hybridized carbons (Fsp3) is 0.562. The molecule has 1 atom stereocenters. The van der Waals surface area contributed by atoms with E-state index in [4.69, 9.17) is 5.11 Å². The van der Waals surface area contributed by atoms with Crippen LogP contribution in [0.4, 0.5) is 8.78 Å². The SMILES string of the molecule is CCCCCC(Cc1ccc(C(=O)O)cc1)C(C)(F)F. The van der Waals surface area contributed by atoms with Crippen LogP contribution in [0.1, 0.15) is 55.5 Å². The first-order valence-corrected chi connectivity index (χ1v) is 7.04. The van der Waals surface area contributed by atoms with Crippen LogP contribution in [0.25, 0.3) is 0 Å². The molecular formula is C16H22F2O2. The number of carbonyl (C=O) groups is 1. The van der Waals surface area contributed by atoms with Gasteiger partial charge < -0.3 is 5.11 Å². The summed E-state index contributed by atoms with van der Waals surface area (Å²) < 4.78 is 27.2. The molecule has 0 saturated carbocycles. The molecule has 20 heavy (non-hydrogen) atoms. The van der Waals surface area contributed by atoms with Crippen LogP contribution in [0.15, 0.2) is 24.3 Å². The van der Waals surface area contributed by atoms with E-state index in [1.807, 2.05) is 6.92 Å². The molecule has 0 aliphatic carbocycles. The molecule has 4 heteroatoms. The summed E-state index contributed by atoms with van der Waals surface area (Å²) in [5.41, 5.74) is 0.942. The van der Waals surface area contributed by atoms with Crippen molar-refractivity contribution in [1.29, 1.82) is 0 Å². The molecule has 0 aliphatic rings. The molecule has 1 aromatic carbocycles. The van der Waals surface area contributed by atoms with Crippen LogP contribution in [0.2, 0.25) is 0 Å². The molecule has 0 saturated heterocycles. The van der Waals surface area contributed by atoms with Gasteiger partial charge in [-0.2, -0.15) is 0 Å². The number of carboxylic acids is 1. The maximum atomic E-state index is 13.6. The number of hydrogen-bond donors (Lipinski definition) is 1. The number of rotatable bonds is 8. The van der Waals surface area contributed by atoms with Crippen molar-refractivity contribution in [2.45, 2.75) is 51.9 Å². The zero-order chi connectivity index (χ0) is 15.2. The van der Waals surface area contributed by atoms with Gasteiger partial charge in [-0.25, -0.2) is 13.6 Å². The molecule has 1 N–H and O–H groups in total. The molecular weight excluding hydrogens is 262 g/mol. The van der Waals surface area contributed by atoms with Crippen LogP contribution >= 0.6 is 0 Å². The highest BCUT2D eigenvalue weighted by Crippen LogP contribution is 2.31. The van der Waals surface area contributed by atoms with E-state index in [9.17, 15) is 13.6 Å². The standard InChI is InChI=1S/C16H22F2O2/c1-3-4-5-6-14(16(2,17)18)11-12-7-9-13(10-8-12)15(19)20/h7-10,14H,3-6,11H2,1-2H3,(H,19,20). The second kappa shape index (κ2) is 7.36. The van der Waals surface area contributed by atoms with E-state index in [0.717, 1.165) is 31.7 Å². The summed E-state index contributed by atoms with van der Waals surface area (Å²) in [6.07, 6.45) is 3.56. The van der Waals surface area contributed by atoms with Crippen molar-refractivity contribution in [1.82, 2.24) is 0 Å². The van der Waals surface area contributed by atoms with E-state index >= 15 is 0 Å². The summed E-state index contributed by atoms with van der Waals surface area (Å²) in [5, 5.41) is 8.81. The topological polar surface area (TPSA) is 37.3 Å². The van der Waals surface area contributed by atoms with E-state index in [2.05, 4.69) is 0 Å². The van der Waals surface area contributed by atoms with Crippen LogP contribution in [-0.4, -0.2) is 17.0 Å². The predicted molar refractivity (Wildman–Crippen MR) is 75.4 cm³/mol. The maximum Gasteiger partial charge on any atom is 0.335 e. The Morgan fingerprint density at radius 2 is 1.85 bits per heavy atom. The number of hydrogen-bond acceptors (Lipinski definition) is 1. The molecule has 0 aliphatic heterocycles. The average Bonchev–Trinajstić information content (AvgIpc) is 2.37. The van der Waals surface area contributed by atoms with Gasteiger partial charge in [-0.3, -0.25) is 0 Å². The van der Waals surface area contributed by atoms with Gasteiger partial charge in [-0.05, 0) is 37.5 Å². The fourth-order valence-electron chi connectivity index (χ4n) is 2.24. The minimum atomic E-state index is -2.71. The number of alkyl halides is 2. The van der Waals surface area contributed by atoms with Gasteiger partial charge >= 0.3 is 5.97 Å². The van der Waals surface area contributed by atoms with Gasteiger partial charge in [0.15, 0.2) is 0 Å². The van der Waals surface area contributed by atoms with E-state index in [0.29, 0.717) is 6.42 Å². The Hall–Kier alpha value is -1.45. The second-order valence-electron chi connectivity index (χ2n) is 5.36. The lowest BCUT2D eigenvalue weighted by molar-refractivity contribution is -0.0434. The zero-order valence-electron chi connectivity index (χ0n) is 12.0. The number of unbranched alkanes of at least 4 members (excludes halogenated alkanes) is 2. The Morgan fingerprint density at radius 3 is 2.30 bits per heavy atom. The molecule has 0 amide bonds. The third-order valence-electron chi connectivity index (χ3n) is 3.56. The highest BCUT2D eigenvalue weighted by atomic mass is 19.3. The van der Waals surface area contributed by atoms with Crippen molar-refractivity contribution >= 4 is 5.97 Å².